The summed E-state index contributed by atoms with van der Waals surface area (Å²) in [6.07, 6.45) is 7.92. The van der Waals surface area contributed by atoms with E-state index in [2.05, 4.69) is 38.0 Å². The Hall–Kier alpha value is -0.830. The maximum Gasteiger partial charge on any atom is 0.195 e. The Morgan fingerprint density at radius 3 is 2.61 bits per heavy atom. The molecule has 102 valence electrons. The fourth-order valence-electron chi connectivity index (χ4n) is 2.65. The van der Waals surface area contributed by atoms with Crippen LogP contribution < -0.4 is 5.32 Å². The summed E-state index contributed by atoms with van der Waals surface area (Å²) in [5.74, 6) is 1.96. The molecular weight excluding hydrogens is 224 g/mol. The van der Waals surface area contributed by atoms with Gasteiger partial charge >= 0.3 is 0 Å². The largest absolute Gasteiger partial charge is 0.445 e. The second kappa shape index (κ2) is 5.04. The summed E-state index contributed by atoms with van der Waals surface area (Å²) < 4.78 is 5.93. The summed E-state index contributed by atoms with van der Waals surface area (Å²) >= 11 is 0. The molecule has 0 aliphatic heterocycles. The third-order valence-corrected chi connectivity index (χ3v) is 3.85. The van der Waals surface area contributed by atoms with Gasteiger partial charge in [-0.3, -0.25) is 0 Å². The summed E-state index contributed by atoms with van der Waals surface area (Å²) in [5.41, 5.74) is 0.398. The van der Waals surface area contributed by atoms with Gasteiger partial charge in [-0.05, 0) is 33.6 Å². The molecule has 0 bridgehead atoms. The van der Waals surface area contributed by atoms with Gasteiger partial charge in [0.05, 0.1) is 6.20 Å². The van der Waals surface area contributed by atoms with Gasteiger partial charge in [-0.2, -0.15) is 0 Å². The van der Waals surface area contributed by atoms with Crippen molar-refractivity contribution in [1.29, 1.82) is 0 Å². The first kappa shape index (κ1) is 13.6. The molecule has 1 heterocycles. The van der Waals surface area contributed by atoms with Gasteiger partial charge in [-0.1, -0.05) is 19.8 Å². The zero-order chi connectivity index (χ0) is 13.2. The smallest absolute Gasteiger partial charge is 0.195 e. The van der Waals surface area contributed by atoms with E-state index < -0.39 is 0 Å². The van der Waals surface area contributed by atoms with Crippen LogP contribution in [0.4, 0.5) is 0 Å². The van der Waals surface area contributed by atoms with Crippen molar-refractivity contribution in [2.75, 3.05) is 6.54 Å². The average molecular weight is 250 g/mol. The standard InChI is InChI=1S/C15H26N2O/c1-14(2,3)17-10-7-13-16-11-12(18-13)15(4)8-5-6-9-15/h11,17H,5-10H2,1-4H3. The van der Waals surface area contributed by atoms with Crippen LogP contribution in [0.1, 0.15) is 65.0 Å². The third kappa shape index (κ3) is 3.35. The van der Waals surface area contributed by atoms with Crippen LogP contribution in [0, 0.1) is 0 Å². The molecule has 0 radical (unpaired) electrons. The van der Waals surface area contributed by atoms with E-state index in [1.165, 1.54) is 25.7 Å². The van der Waals surface area contributed by atoms with Crippen LogP contribution in [0.5, 0.6) is 0 Å². The van der Waals surface area contributed by atoms with Gasteiger partial charge in [0.2, 0.25) is 0 Å². The first-order chi connectivity index (χ1) is 8.39. The minimum absolute atomic E-state index is 0.160. The molecule has 1 aromatic heterocycles. The number of hydrogen-bond acceptors (Lipinski definition) is 3. The van der Waals surface area contributed by atoms with Crippen LogP contribution >= 0.6 is 0 Å². The van der Waals surface area contributed by atoms with Crippen molar-refractivity contribution in [3.63, 3.8) is 0 Å². The highest BCUT2D eigenvalue weighted by Crippen LogP contribution is 2.40. The van der Waals surface area contributed by atoms with Crippen LogP contribution in [-0.4, -0.2) is 17.1 Å². The average Bonchev–Trinajstić information content (AvgIpc) is 2.86. The third-order valence-electron chi connectivity index (χ3n) is 3.85. The maximum absolute atomic E-state index is 5.93. The lowest BCUT2D eigenvalue weighted by molar-refractivity contribution is 0.342. The van der Waals surface area contributed by atoms with E-state index in [-0.39, 0.29) is 11.0 Å². The molecule has 1 aliphatic carbocycles. The summed E-state index contributed by atoms with van der Waals surface area (Å²) in [6.45, 7) is 9.74. The molecule has 0 amide bonds. The zero-order valence-corrected chi connectivity index (χ0v) is 12.2. The lowest BCUT2D eigenvalue weighted by Crippen LogP contribution is -2.37. The second-order valence-corrected chi connectivity index (χ2v) is 6.81. The van der Waals surface area contributed by atoms with Gasteiger partial charge < -0.3 is 9.73 Å². The fraction of sp³-hybridized carbons (Fsp3) is 0.800. The number of aromatic nitrogens is 1. The van der Waals surface area contributed by atoms with E-state index in [1.54, 1.807) is 0 Å². The Kier molecular flexibility index (Phi) is 3.81. The minimum atomic E-state index is 0.160. The molecule has 1 aromatic rings. The van der Waals surface area contributed by atoms with E-state index in [1.807, 2.05) is 6.20 Å². The van der Waals surface area contributed by atoms with Crippen LogP contribution in [0.2, 0.25) is 0 Å². The topological polar surface area (TPSA) is 38.1 Å². The van der Waals surface area contributed by atoms with Crippen molar-refractivity contribution in [1.82, 2.24) is 10.3 Å². The van der Waals surface area contributed by atoms with Crippen LogP contribution in [0.25, 0.3) is 0 Å². The molecule has 3 heteroatoms. The molecule has 2 rings (SSSR count). The molecule has 0 aromatic carbocycles. The lowest BCUT2D eigenvalue weighted by atomic mass is 9.87. The molecule has 1 aliphatic rings. The van der Waals surface area contributed by atoms with Crippen molar-refractivity contribution in [2.24, 2.45) is 0 Å². The molecule has 0 atom stereocenters. The number of oxazole rings is 1. The van der Waals surface area contributed by atoms with Crippen LogP contribution in [0.15, 0.2) is 10.6 Å². The van der Waals surface area contributed by atoms with E-state index >= 15 is 0 Å². The summed E-state index contributed by atoms with van der Waals surface area (Å²) in [5, 5.41) is 3.46. The van der Waals surface area contributed by atoms with E-state index in [0.29, 0.717) is 0 Å². The van der Waals surface area contributed by atoms with Gasteiger partial charge in [0.15, 0.2) is 5.89 Å². The van der Waals surface area contributed by atoms with Crippen molar-refractivity contribution in [3.8, 4) is 0 Å². The van der Waals surface area contributed by atoms with E-state index in [4.69, 9.17) is 4.42 Å². The number of nitrogens with one attached hydrogen (secondary N) is 1. The highest BCUT2D eigenvalue weighted by molar-refractivity contribution is 5.12. The normalized spacial score (nSPS) is 19.3. The highest BCUT2D eigenvalue weighted by Gasteiger charge is 2.33. The van der Waals surface area contributed by atoms with Crippen molar-refractivity contribution in [2.45, 2.75) is 70.8 Å². The Bertz CT molecular complexity index is 383. The van der Waals surface area contributed by atoms with Gasteiger partial charge in [0.25, 0.3) is 0 Å². The zero-order valence-electron chi connectivity index (χ0n) is 12.2. The summed E-state index contributed by atoms with van der Waals surface area (Å²) in [4.78, 5) is 4.42. The first-order valence-electron chi connectivity index (χ1n) is 7.09. The Morgan fingerprint density at radius 1 is 1.33 bits per heavy atom. The van der Waals surface area contributed by atoms with Gasteiger partial charge in [-0.25, -0.2) is 4.98 Å². The van der Waals surface area contributed by atoms with Crippen LogP contribution in [-0.2, 0) is 11.8 Å². The van der Waals surface area contributed by atoms with Crippen molar-refractivity contribution in [3.05, 3.63) is 17.8 Å². The monoisotopic (exact) mass is 250 g/mol. The number of nitrogens with zero attached hydrogens (tertiary/aromatic N) is 1. The molecule has 0 spiro atoms. The lowest BCUT2D eigenvalue weighted by Gasteiger charge is -2.20. The quantitative estimate of drug-likeness (QED) is 0.889. The van der Waals surface area contributed by atoms with E-state index in [9.17, 15) is 0 Å². The molecule has 1 fully saturated rings. The molecule has 0 unspecified atom stereocenters. The van der Waals surface area contributed by atoms with Crippen molar-refractivity contribution >= 4 is 0 Å². The number of hydrogen-bond donors (Lipinski definition) is 1. The molecular formula is C15H26N2O. The van der Waals surface area contributed by atoms with Gasteiger partial charge in [-0.15, -0.1) is 0 Å². The Labute approximate surface area is 110 Å². The second-order valence-electron chi connectivity index (χ2n) is 6.81. The molecule has 3 nitrogen and oxygen atoms in total. The van der Waals surface area contributed by atoms with Crippen molar-refractivity contribution < 1.29 is 4.42 Å². The predicted molar refractivity (Wildman–Crippen MR) is 73.8 cm³/mol. The fourth-order valence-corrected chi connectivity index (χ4v) is 2.65. The van der Waals surface area contributed by atoms with Gasteiger partial charge in [0.1, 0.15) is 5.76 Å². The molecule has 0 saturated heterocycles. The molecule has 1 saturated carbocycles. The number of rotatable bonds is 4. The molecule has 1 N–H and O–H groups in total. The predicted octanol–water partition coefficient (Wildman–Crippen LogP) is 3.44. The van der Waals surface area contributed by atoms with Crippen LogP contribution in [0.3, 0.4) is 0 Å². The summed E-state index contributed by atoms with van der Waals surface area (Å²) in [6, 6.07) is 0. The van der Waals surface area contributed by atoms with Gasteiger partial charge in [0, 0.05) is 23.9 Å². The Morgan fingerprint density at radius 2 is 2.00 bits per heavy atom. The Balaban J connectivity index is 1.90. The first-order valence-corrected chi connectivity index (χ1v) is 7.09. The molecule has 18 heavy (non-hydrogen) atoms. The minimum Gasteiger partial charge on any atom is -0.445 e. The highest BCUT2D eigenvalue weighted by atomic mass is 16.4. The maximum atomic E-state index is 5.93. The summed E-state index contributed by atoms with van der Waals surface area (Å²) in [7, 11) is 0. The SMILES string of the molecule is CC(C)(C)NCCc1ncc(C2(C)CCCC2)o1. The van der Waals surface area contributed by atoms with E-state index in [0.717, 1.165) is 24.6 Å².